The molecular formula is C15H18Cl2O2. The minimum Gasteiger partial charge on any atom is -0.469 e. The van der Waals surface area contributed by atoms with Crippen molar-refractivity contribution in [3.63, 3.8) is 0 Å². The number of rotatable bonds is 5. The molecular weight excluding hydrogens is 283 g/mol. The summed E-state index contributed by atoms with van der Waals surface area (Å²) in [6.07, 6.45) is 2.89. The fourth-order valence-electron chi connectivity index (χ4n) is 2.66. The van der Waals surface area contributed by atoms with Crippen molar-refractivity contribution in [2.45, 2.75) is 32.1 Å². The third-order valence-electron chi connectivity index (χ3n) is 3.93. The second-order valence-electron chi connectivity index (χ2n) is 5.11. The number of hydrogen-bond acceptors (Lipinski definition) is 2. The van der Waals surface area contributed by atoms with E-state index < -0.39 is 0 Å². The fourth-order valence-corrected chi connectivity index (χ4v) is 3.13. The quantitative estimate of drug-likeness (QED) is 0.738. The monoisotopic (exact) mass is 300 g/mol. The highest BCUT2D eigenvalue weighted by Crippen LogP contribution is 2.47. The average Bonchev–Trinajstić information content (AvgIpc) is 3.18. The summed E-state index contributed by atoms with van der Waals surface area (Å²) in [6, 6.07) is 5.75. The first-order valence-electron chi connectivity index (χ1n) is 6.60. The van der Waals surface area contributed by atoms with Gasteiger partial charge in [-0.05, 0) is 42.7 Å². The zero-order valence-electron chi connectivity index (χ0n) is 11.2. The first kappa shape index (κ1) is 14.7. The Morgan fingerprint density at radius 1 is 1.47 bits per heavy atom. The van der Waals surface area contributed by atoms with Crippen LogP contribution >= 0.6 is 23.2 Å². The second kappa shape index (κ2) is 6.15. The Bertz CT molecular complexity index is 473. The number of hydrogen-bond donors (Lipinski definition) is 0. The van der Waals surface area contributed by atoms with Crippen LogP contribution in [0.4, 0.5) is 0 Å². The van der Waals surface area contributed by atoms with Crippen LogP contribution in [0.5, 0.6) is 0 Å². The lowest BCUT2D eigenvalue weighted by atomic mass is 9.90. The molecule has 1 fully saturated rings. The minimum absolute atomic E-state index is 0.0806. The number of benzene rings is 1. The first-order chi connectivity index (χ1) is 9.08. The summed E-state index contributed by atoms with van der Waals surface area (Å²) in [5, 5.41) is 1.24. The Morgan fingerprint density at radius 3 is 2.84 bits per heavy atom. The van der Waals surface area contributed by atoms with Gasteiger partial charge in [0.15, 0.2) is 0 Å². The van der Waals surface area contributed by atoms with E-state index >= 15 is 0 Å². The predicted octanol–water partition coefficient (Wildman–Crippen LogP) is 4.69. The maximum atomic E-state index is 11.4. The van der Waals surface area contributed by atoms with E-state index in [1.54, 1.807) is 6.07 Å². The first-order valence-corrected chi connectivity index (χ1v) is 7.35. The number of halogens is 2. The summed E-state index contributed by atoms with van der Waals surface area (Å²) in [4.78, 5) is 11.4. The van der Waals surface area contributed by atoms with E-state index in [1.165, 1.54) is 7.11 Å². The Morgan fingerprint density at radius 2 is 2.21 bits per heavy atom. The lowest BCUT2D eigenvalue weighted by Crippen LogP contribution is -2.07. The minimum atomic E-state index is -0.0861. The maximum absolute atomic E-state index is 11.4. The predicted molar refractivity (Wildman–Crippen MR) is 77.7 cm³/mol. The van der Waals surface area contributed by atoms with Crippen LogP contribution in [-0.2, 0) is 9.53 Å². The number of ether oxygens (including phenoxy) is 1. The molecule has 0 N–H and O–H groups in total. The SMILES string of the molecule is CCC(CC1CC1C(=O)OC)c1cccc(Cl)c1Cl. The molecule has 1 aliphatic carbocycles. The smallest absolute Gasteiger partial charge is 0.308 e. The summed E-state index contributed by atoms with van der Waals surface area (Å²) in [5.41, 5.74) is 1.09. The van der Waals surface area contributed by atoms with Crippen LogP contribution in [0.3, 0.4) is 0 Å². The van der Waals surface area contributed by atoms with Crippen LogP contribution in [0.1, 0.15) is 37.7 Å². The van der Waals surface area contributed by atoms with Crippen molar-refractivity contribution in [2.75, 3.05) is 7.11 Å². The molecule has 0 aliphatic heterocycles. The molecule has 3 unspecified atom stereocenters. The van der Waals surface area contributed by atoms with Gasteiger partial charge in [-0.15, -0.1) is 0 Å². The Hall–Kier alpha value is -0.730. The van der Waals surface area contributed by atoms with Crippen LogP contribution in [0.2, 0.25) is 10.0 Å². The summed E-state index contributed by atoms with van der Waals surface area (Å²) in [5.74, 6) is 0.771. The molecule has 4 heteroatoms. The second-order valence-corrected chi connectivity index (χ2v) is 5.89. The van der Waals surface area contributed by atoms with Crippen molar-refractivity contribution in [2.24, 2.45) is 11.8 Å². The number of methoxy groups -OCH3 is 1. The number of carbonyl (C=O) groups excluding carboxylic acids is 1. The van der Waals surface area contributed by atoms with E-state index in [1.807, 2.05) is 12.1 Å². The Balaban J connectivity index is 2.06. The van der Waals surface area contributed by atoms with E-state index in [-0.39, 0.29) is 11.9 Å². The number of esters is 1. The van der Waals surface area contributed by atoms with Gasteiger partial charge in [0.1, 0.15) is 0 Å². The van der Waals surface area contributed by atoms with Crippen LogP contribution in [0, 0.1) is 11.8 Å². The van der Waals surface area contributed by atoms with Gasteiger partial charge in [-0.3, -0.25) is 4.79 Å². The van der Waals surface area contributed by atoms with E-state index in [2.05, 4.69) is 6.92 Å². The Kier molecular flexibility index (Phi) is 4.75. The fraction of sp³-hybridized carbons (Fsp3) is 0.533. The topological polar surface area (TPSA) is 26.3 Å². The van der Waals surface area contributed by atoms with Gasteiger partial charge in [0.25, 0.3) is 0 Å². The van der Waals surface area contributed by atoms with Gasteiger partial charge in [0.2, 0.25) is 0 Å². The van der Waals surface area contributed by atoms with Crippen molar-refractivity contribution in [3.05, 3.63) is 33.8 Å². The molecule has 2 nitrogen and oxygen atoms in total. The van der Waals surface area contributed by atoms with Gasteiger partial charge >= 0.3 is 5.97 Å². The van der Waals surface area contributed by atoms with Gasteiger partial charge in [-0.25, -0.2) is 0 Å². The van der Waals surface area contributed by atoms with Crippen LogP contribution in [0.15, 0.2) is 18.2 Å². The third-order valence-corrected chi connectivity index (χ3v) is 4.76. The molecule has 1 saturated carbocycles. The molecule has 0 heterocycles. The van der Waals surface area contributed by atoms with Gasteiger partial charge in [0, 0.05) is 0 Å². The normalized spacial score (nSPS) is 22.9. The highest BCUT2D eigenvalue weighted by molar-refractivity contribution is 6.42. The highest BCUT2D eigenvalue weighted by atomic mass is 35.5. The van der Waals surface area contributed by atoms with Crippen molar-refractivity contribution in [3.8, 4) is 0 Å². The van der Waals surface area contributed by atoms with Gasteiger partial charge in [0.05, 0.1) is 23.1 Å². The summed E-state index contributed by atoms with van der Waals surface area (Å²) < 4.78 is 4.78. The molecule has 104 valence electrons. The van der Waals surface area contributed by atoms with Gasteiger partial charge in [-0.1, -0.05) is 42.3 Å². The summed E-state index contributed by atoms with van der Waals surface area (Å²) in [6.45, 7) is 2.14. The molecule has 0 amide bonds. The molecule has 2 rings (SSSR count). The molecule has 19 heavy (non-hydrogen) atoms. The lowest BCUT2D eigenvalue weighted by molar-refractivity contribution is -0.142. The largest absolute Gasteiger partial charge is 0.469 e. The molecule has 1 aliphatic rings. The highest BCUT2D eigenvalue weighted by Gasteiger charge is 2.44. The molecule has 0 aromatic heterocycles. The molecule has 1 aromatic carbocycles. The van der Waals surface area contributed by atoms with E-state index in [9.17, 15) is 4.79 Å². The summed E-state index contributed by atoms with van der Waals surface area (Å²) >= 11 is 12.3. The Labute approximate surface area is 124 Å². The van der Waals surface area contributed by atoms with Crippen molar-refractivity contribution >= 4 is 29.2 Å². The standard InChI is InChI=1S/C15H18Cl2O2/c1-3-9(7-10-8-12(10)15(18)19-2)11-5-4-6-13(16)14(11)17/h4-6,9-10,12H,3,7-8H2,1-2H3. The zero-order chi connectivity index (χ0) is 14.0. The average molecular weight is 301 g/mol. The van der Waals surface area contributed by atoms with Crippen molar-refractivity contribution in [1.29, 1.82) is 0 Å². The van der Waals surface area contributed by atoms with Gasteiger partial charge < -0.3 is 4.74 Å². The molecule has 0 bridgehead atoms. The molecule has 1 aromatic rings. The third kappa shape index (κ3) is 3.24. The van der Waals surface area contributed by atoms with E-state index in [4.69, 9.17) is 27.9 Å². The molecule has 3 atom stereocenters. The zero-order valence-corrected chi connectivity index (χ0v) is 12.7. The van der Waals surface area contributed by atoms with Crippen LogP contribution in [-0.4, -0.2) is 13.1 Å². The van der Waals surface area contributed by atoms with Crippen molar-refractivity contribution in [1.82, 2.24) is 0 Å². The van der Waals surface area contributed by atoms with E-state index in [0.717, 1.165) is 24.8 Å². The summed E-state index contributed by atoms with van der Waals surface area (Å²) in [7, 11) is 1.45. The van der Waals surface area contributed by atoms with E-state index in [0.29, 0.717) is 21.9 Å². The molecule has 0 radical (unpaired) electrons. The molecule has 0 spiro atoms. The van der Waals surface area contributed by atoms with Gasteiger partial charge in [-0.2, -0.15) is 0 Å². The van der Waals surface area contributed by atoms with Crippen LogP contribution < -0.4 is 0 Å². The van der Waals surface area contributed by atoms with Crippen LogP contribution in [0.25, 0.3) is 0 Å². The number of carbonyl (C=O) groups is 1. The lowest BCUT2D eigenvalue weighted by Gasteiger charge is -2.17. The maximum Gasteiger partial charge on any atom is 0.308 e. The molecule has 0 saturated heterocycles. The van der Waals surface area contributed by atoms with Crippen molar-refractivity contribution < 1.29 is 9.53 Å².